The highest BCUT2D eigenvalue weighted by Gasteiger charge is 2.41. The first kappa shape index (κ1) is 19.2. The maximum atomic E-state index is 12.9. The van der Waals surface area contributed by atoms with Crippen molar-refractivity contribution < 1.29 is 9.59 Å². The van der Waals surface area contributed by atoms with Crippen LogP contribution in [0.15, 0.2) is 45.8 Å². The number of allylic oxidation sites excluding steroid dienone is 4. The Kier molecular flexibility index (Phi) is 6.13. The number of fused-ring (bicyclic) bond motifs is 1. The molecule has 0 saturated carbocycles. The van der Waals surface area contributed by atoms with E-state index in [-0.39, 0.29) is 11.8 Å². The predicted molar refractivity (Wildman–Crippen MR) is 111 cm³/mol. The van der Waals surface area contributed by atoms with Crippen LogP contribution in [-0.2, 0) is 9.59 Å². The number of rotatable bonds is 2. The molecule has 0 saturated heterocycles. The highest BCUT2D eigenvalue weighted by Crippen LogP contribution is 2.38. The van der Waals surface area contributed by atoms with E-state index in [0.29, 0.717) is 11.1 Å². The second-order valence-electron chi connectivity index (χ2n) is 8.48. The molecule has 2 aliphatic heterocycles. The van der Waals surface area contributed by atoms with Crippen LogP contribution in [0.5, 0.6) is 0 Å². The summed E-state index contributed by atoms with van der Waals surface area (Å²) in [6.45, 7) is 0. The zero-order valence-corrected chi connectivity index (χ0v) is 16.9. The zero-order chi connectivity index (χ0) is 19.3. The topological polar surface area (TPSA) is 58.2 Å². The fourth-order valence-electron chi connectivity index (χ4n) is 4.85. The molecular weight excluding hydrogens is 348 g/mol. The van der Waals surface area contributed by atoms with Crippen LogP contribution < -0.4 is 10.6 Å². The van der Waals surface area contributed by atoms with Gasteiger partial charge in [-0.1, -0.05) is 50.7 Å². The van der Waals surface area contributed by atoms with Crippen LogP contribution >= 0.6 is 0 Å². The van der Waals surface area contributed by atoms with E-state index in [1.165, 1.54) is 51.4 Å². The fraction of sp³-hybridized carbons (Fsp3) is 0.583. The van der Waals surface area contributed by atoms with Gasteiger partial charge >= 0.3 is 0 Å². The van der Waals surface area contributed by atoms with E-state index >= 15 is 0 Å². The van der Waals surface area contributed by atoms with E-state index < -0.39 is 0 Å². The Hall–Kier alpha value is -2.10. The third-order valence-electron chi connectivity index (χ3n) is 6.41. The predicted octanol–water partition coefficient (Wildman–Crippen LogP) is 5.10. The molecule has 0 bridgehead atoms. The van der Waals surface area contributed by atoms with Gasteiger partial charge < -0.3 is 10.6 Å². The minimum atomic E-state index is -0.112. The maximum Gasteiger partial charge on any atom is 0.258 e. The van der Waals surface area contributed by atoms with Crippen molar-refractivity contribution >= 4 is 11.8 Å². The molecule has 28 heavy (non-hydrogen) atoms. The van der Waals surface area contributed by atoms with Gasteiger partial charge in [0.2, 0.25) is 0 Å². The third-order valence-corrected chi connectivity index (χ3v) is 6.41. The van der Waals surface area contributed by atoms with Gasteiger partial charge in [-0.25, -0.2) is 0 Å². The van der Waals surface area contributed by atoms with E-state index in [0.717, 1.165) is 61.1 Å². The molecule has 4 rings (SSSR count). The Labute approximate surface area is 168 Å². The lowest BCUT2D eigenvalue weighted by Gasteiger charge is -2.14. The first-order chi connectivity index (χ1) is 13.8. The van der Waals surface area contributed by atoms with Crippen molar-refractivity contribution in [3.8, 4) is 0 Å². The van der Waals surface area contributed by atoms with Gasteiger partial charge in [-0.2, -0.15) is 0 Å². The Bertz CT molecular complexity index is 782. The molecule has 4 aliphatic rings. The first-order valence-corrected chi connectivity index (χ1v) is 11.3. The number of carbonyl (C=O) groups is 2. The summed E-state index contributed by atoms with van der Waals surface area (Å²) < 4.78 is 0. The lowest BCUT2D eigenvalue weighted by molar-refractivity contribution is -0.117. The van der Waals surface area contributed by atoms with Crippen LogP contribution in [0, 0.1) is 0 Å². The van der Waals surface area contributed by atoms with Crippen molar-refractivity contribution in [2.24, 2.45) is 0 Å². The van der Waals surface area contributed by atoms with Gasteiger partial charge in [-0.15, -0.1) is 0 Å². The molecule has 0 radical (unpaired) electrons. The van der Waals surface area contributed by atoms with E-state index in [9.17, 15) is 9.59 Å². The first-order valence-electron chi connectivity index (χ1n) is 11.3. The summed E-state index contributed by atoms with van der Waals surface area (Å²) in [5.41, 5.74) is 5.03. The second kappa shape index (κ2) is 8.93. The minimum Gasteiger partial charge on any atom is -0.321 e. The van der Waals surface area contributed by atoms with Crippen LogP contribution in [0.2, 0.25) is 0 Å². The highest BCUT2D eigenvalue weighted by atomic mass is 16.2. The highest BCUT2D eigenvalue weighted by molar-refractivity contribution is 6.20. The third kappa shape index (κ3) is 4.01. The van der Waals surface area contributed by atoms with Crippen molar-refractivity contribution in [2.75, 3.05) is 0 Å². The van der Waals surface area contributed by atoms with Crippen LogP contribution in [0.4, 0.5) is 0 Å². The molecule has 0 unspecified atom stereocenters. The lowest BCUT2D eigenvalue weighted by atomic mass is 9.94. The van der Waals surface area contributed by atoms with Crippen molar-refractivity contribution in [3.05, 3.63) is 45.8 Å². The van der Waals surface area contributed by atoms with Gasteiger partial charge in [0.25, 0.3) is 11.8 Å². The smallest absolute Gasteiger partial charge is 0.258 e. The maximum absolute atomic E-state index is 12.9. The van der Waals surface area contributed by atoms with E-state index in [2.05, 4.69) is 22.8 Å². The van der Waals surface area contributed by atoms with Gasteiger partial charge in [0.15, 0.2) is 0 Å². The molecule has 0 aromatic heterocycles. The Morgan fingerprint density at radius 2 is 0.929 bits per heavy atom. The Morgan fingerprint density at radius 3 is 1.39 bits per heavy atom. The second-order valence-corrected chi connectivity index (χ2v) is 8.48. The van der Waals surface area contributed by atoms with Gasteiger partial charge in [-0.3, -0.25) is 9.59 Å². The molecule has 0 aromatic carbocycles. The van der Waals surface area contributed by atoms with Crippen molar-refractivity contribution in [1.82, 2.24) is 10.6 Å². The quantitative estimate of drug-likeness (QED) is 0.700. The Balaban J connectivity index is 1.69. The lowest BCUT2D eigenvalue weighted by Crippen LogP contribution is -2.24. The molecule has 0 aromatic rings. The van der Waals surface area contributed by atoms with Gasteiger partial charge in [0, 0.05) is 0 Å². The van der Waals surface area contributed by atoms with Crippen LogP contribution in [-0.4, -0.2) is 11.8 Å². The van der Waals surface area contributed by atoms with Crippen molar-refractivity contribution in [1.29, 1.82) is 0 Å². The summed E-state index contributed by atoms with van der Waals surface area (Å²) in [5, 5.41) is 6.11. The van der Waals surface area contributed by atoms with Gasteiger partial charge in [-0.05, 0) is 62.5 Å². The monoisotopic (exact) mass is 380 g/mol. The number of carbonyl (C=O) groups excluding carboxylic acids is 2. The molecule has 0 atom stereocenters. The molecule has 4 nitrogen and oxygen atoms in total. The summed E-state index contributed by atoms with van der Waals surface area (Å²) in [6.07, 6.45) is 20.7. The standard InChI is InChI=1S/C24H32N2O2/c27-23-19-20(22(26-23)18-15-11-7-4-8-12-16-18)24(28)25-21(19)17-13-9-5-2-1-3-6-10-14-17/h13,15H,1-12,14,16H2,(H,25,28)(H,26,27)/b17-13+,18-15+. The molecule has 2 amide bonds. The van der Waals surface area contributed by atoms with E-state index in [1.807, 2.05) is 0 Å². The molecule has 2 heterocycles. The average molecular weight is 381 g/mol. The summed E-state index contributed by atoms with van der Waals surface area (Å²) in [4.78, 5) is 25.8. The number of hydrogen-bond donors (Lipinski definition) is 2. The molecule has 0 fully saturated rings. The normalized spacial score (nSPS) is 28.4. The molecule has 4 heteroatoms. The van der Waals surface area contributed by atoms with Crippen LogP contribution in [0.3, 0.4) is 0 Å². The molecule has 2 aliphatic carbocycles. The van der Waals surface area contributed by atoms with E-state index in [1.54, 1.807) is 0 Å². The zero-order valence-electron chi connectivity index (χ0n) is 16.9. The van der Waals surface area contributed by atoms with Gasteiger partial charge in [0.1, 0.15) is 0 Å². The average Bonchev–Trinajstić information content (AvgIpc) is 3.18. The van der Waals surface area contributed by atoms with Crippen LogP contribution in [0.1, 0.15) is 89.9 Å². The Morgan fingerprint density at radius 1 is 0.536 bits per heavy atom. The van der Waals surface area contributed by atoms with Crippen LogP contribution in [0.25, 0.3) is 0 Å². The van der Waals surface area contributed by atoms with Crippen molar-refractivity contribution in [2.45, 2.75) is 89.9 Å². The van der Waals surface area contributed by atoms with Crippen molar-refractivity contribution in [3.63, 3.8) is 0 Å². The SMILES string of the molecule is O=C1NC(/C2=C/CCCCCCCC2)=C2C(=O)NC(/C3=C/CCCCCC3)=C12. The summed E-state index contributed by atoms with van der Waals surface area (Å²) in [7, 11) is 0. The molecule has 150 valence electrons. The number of hydrogen-bond acceptors (Lipinski definition) is 2. The summed E-state index contributed by atoms with van der Waals surface area (Å²) in [6, 6.07) is 0. The molecular formula is C24H32N2O2. The summed E-state index contributed by atoms with van der Waals surface area (Å²) in [5.74, 6) is -0.224. The molecule has 0 spiro atoms. The fourth-order valence-corrected chi connectivity index (χ4v) is 4.85. The number of amides is 2. The number of nitrogens with one attached hydrogen (secondary N) is 2. The summed E-state index contributed by atoms with van der Waals surface area (Å²) >= 11 is 0. The molecule has 2 N–H and O–H groups in total. The van der Waals surface area contributed by atoms with E-state index in [4.69, 9.17) is 0 Å². The minimum absolute atomic E-state index is 0.112. The largest absolute Gasteiger partial charge is 0.321 e. The van der Waals surface area contributed by atoms with Gasteiger partial charge in [0.05, 0.1) is 22.5 Å².